The van der Waals surface area contributed by atoms with Crippen molar-refractivity contribution in [2.75, 3.05) is 19.6 Å². The number of likely N-dealkylation sites (tertiary alicyclic amines) is 1. The van der Waals surface area contributed by atoms with Crippen molar-refractivity contribution >= 4 is 28.3 Å². The zero-order valence-corrected chi connectivity index (χ0v) is 16.8. The zero-order chi connectivity index (χ0) is 18.1. The predicted molar refractivity (Wildman–Crippen MR) is 98.1 cm³/mol. The van der Waals surface area contributed by atoms with Gasteiger partial charge in [0.05, 0.1) is 17.4 Å². The molecule has 25 heavy (non-hydrogen) atoms. The number of piperidine rings is 1. The van der Waals surface area contributed by atoms with E-state index in [0.717, 1.165) is 12.8 Å². The van der Waals surface area contributed by atoms with Crippen LogP contribution in [0.25, 0.3) is 0 Å². The predicted octanol–water partition coefficient (Wildman–Crippen LogP) is 0.323. The van der Waals surface area contributed by atoms with Crippen LogP contribution in [0, 0.1) is 19.8 Å². The highest BCUT2D eigenvalue weighted by molar-refractivity contribution is 7.89. The standard InChI is InChI=1S/C15H27N5O3S.ClH/c1-10-14(12(3)19(4)17-10)24(22,23)18-11(2)15(21)20-7-5-13(9-16)6-8-20;/h11,13,18H,5-9,16H2,1-4H3;1H. The molecule has 0 saturated carbocycles. The highest BCUT2D eigenvalue weighted by Crippen LogP contribution is 2.20. The quantitative estimate of drug-likeness (QED) is 0.748. The van der Waals surface area contributed by atoms with E-state index in [0.29, 0.717) is 36.9 Å². The molecule has 2 heterocycles. The Hall–Kier alpha value is -1.16. The van der Waals surface area contributed by atoms with Gasteiger partial charge in [-0.1, -0.05) is 0 Å². The Morgan fingerprint density at radius 3 is 2.36 bits per heavy atom. The molecule has 1 unspecified atom stereocenters. The summed E-state index contributed by atoms with van der Waals surface area (Å²) in [4.78, 5) is 14.4. The molecular weight excluding hydrogens is 366 g/mol. The van der Waals surface area contributed by atoms with E-state index in [1.807, 2.05) is 0 Å². The van der Waals surface area contributed by atoms with E-state index >= 15 is 0 Å². The van der Waals surface area contributed by atoms with Gasteiger partial charge in [0.25, 0.3) is 0 Å². The van der Waals surface area contributed by atoms with Gasteiger partial charge in [0, 0.05) is 20.1 Å². The molecule has 0 aromatic carbocycles. The van der Waals surface area contributed by atoms with Gasteiger partial charge in [0.15, 0.2) is 0 Å². The van der Waals surface area contributed by atoms with Crippen LogP contribution in [-0.2, 0) is 21.9 Å². The van der Waals surface area contributed by atoms with Crippen molar-refractivity contribution in [3.63, 3.8) is 0 Å². The van der Waals surface area contributed by atoms with Crippen molar-refractivity contribution in [1.29, 1.82) is 0 Å². The molecule has 144 valence electrons. The van der Waals surface area contributed by atoms with Gasteiger partial charge in [0.1, 0.15) is 4.90 Å². The third kappa shape index (κ3) is 4.72. The Morgan fingerprint density at radius 2 is 1.92 bits per heavy atom. The first-order chi connectivity index (χ1) is 11.2. The van der Waals surface area contributed by atoms with Crippen LogP contribution < -0.4 is 10.5 Å². The molecule has 3 N–H and O–H groups in total. The number of nitrogens with zero attached hydrogens (tertiary/aromatic N) is 3. The van der Waals surface area contributed by atoms with E-state index in [-0.39, 0.29) is 23.2 Å². The number of hydrogen-bond donors (Lipinski definition) is 2. The molecule has 1 amide bonds. The number of nitrogens with one attached hydrogen (secondary N) is 1. The van der Waals surface area contributed by atoms with Crippen LogP contribution in [0.4, 0.5) is 0 Å². The van der Waals surface area contributed by atoms with Crippen LogP contribution in [0.2, 0.25) is 0 Å². The van der Waals surface area contributed by atoms with Gasteiger partial charge in [-0.3, -0.25) is 9.48 Å². The van der Waals surface area contributed by atoms with Crippen LogP contribution in [0.3, 0.4) is 0 Å². The Morgan fingerprint density at radius 1 is 1.36 bits per heavy atom. The third-order valence-electron chi connectivity index (χ3n) is 4.67. The lowest BCUT2D eigenvalue weighted by Gasteiger charge is -2.33. The number of amides is 1. The van der Waals surface area contributed by atoms with E-state index in [4.69, 9.17) is 5.73 Å². The van der Waals surface area contributed by atoms with Crippen molar-refractivity contribution in [3.8, 4) is 0 Å². The van der Waals surface area contributed by atoms with Crippen LogP contribution in [0.1, 0.15) is 31.2 Å². The summed E-state index contributed by atoms with van der Waals surface area (Å²) in [5.41, 5.74) is 6.63. The molecule has 1 atom stereocenters. The summed E-state index contributed by atoms with van der Waals surface area (Å²) < 4.78 is 29.3. The minimum atomic E-state index is -3.80. The SMILES string of the molecule is Cc1nn(C)c(C)c1S(=O)(=O)NC(C)C(=O)N1CCC(CN)CC1.Cl. The molecule has 0 spiro atoms. The van der Waals surface area contributed by atoms with E-state index in [9.17, 15) is 13.2 Å². The van der Waals surface area contributed by atoms with Crippen molar-refractivity contribution in [2.45, 2.75) is 44.6 Å². The van der Waals surface area contributed by atoms with Gasteiger partial charge < -0.3 is 10.6 Å². The maximum Gasteiger partial charge on any atom is 0.244 e. The number of sulfonamides is 1. The molecule has 10 heteroatoms. The summed E-state index contributed by atoms with van der Waals surface area (Å²) in [5, 5.41) is 4.13. The topological polar surface area (TPSA) is 110 Å². The lowest BCUT2D eigenvalue weighted by atomic mass is 9.97. The fourth-order valence-electron chi connectivity index (χ4n) is 3.15. The summed E-state index contributed by atoms with van der Waals surface area (Å²) >= 11 is 0. The Labute approximate surface area is 155 Å². The third-order valence-corrected chi connectivity index (χ3v) is 6.47. The molecule has 8 nitrogen and oxygen atoms in total. The first-order valence-corrected chi connectivity index (χ1v) is 9.67. The van der Waals surface area contributed by atoms with Crippen LogP contribution in [0.5, 0.6) is 0 Å². The van der Waals surface area contributed by atoms with Crippen molar-refractivity contribution in [1.82, 2.24) is 19.4 Å². The van der Waals surface area contributed by atoms with Crippen molar-refractivity contribution < 1.29 is 13.2 Å². The van der Waals surface area contributed by atoms with E-state index in [2.05, 4.69) is 9.82 Å². The number of aromatic nitrogens is 2. The van der Waals surface area contributed by atoms with Gasteiger partial charge in [-0.2, -0.15) is 9.82 Å². The summed E-state index contributed by atoms with van der Waals surface area (Å²) in [6.45, 7) is 6.79. The molecule has 1 aromatic rings. The first-order valence-electron chi connectivity index (χ1n) is 8.18. The molecule has 1 aliphatic rings. The van der Waals surface area contributed by atoms with Crippen molar-refractivity contribution in [3.05, 3.63) is 11.4 Å². The van der Waals surface area contributed by atoms with Crippen molar-refractivity contribution in [2.24, 2.45) is 18.7 Å². The fraction of sp³-hybridized carbons (Fsp3) is 0.733. The maximum absolute atomic E-state index is 12.6. The van der Waals surface area contributed by atoms with Gasteiger partial charge in [-0.05, 0) is 46.1 Å². The maximum atomic E-state index is 12.6. The van der Waals surface area contributed by atoms with Crippen LogP contribution in [-0.4, -0.2) is 54.7 Å². The molecule has 2 rings (SSSR count). The van der Waals surface area contributed by atoms with Gasteiger partial charge in [-0.15, -0.1) is 12.4 Å². The fourth-order valence-corrected chi connectivity index (χ4v) is 4.78. The molecular formula is C15H28ClN5O3S. The Bertz CT molecular complexity index is 711. The van der Waals surface area contributed by atoms with Gasteiger partial charge in [0.2, 0.25) is 15.9 Å². The van der Waals surface area contributed by atoms with E-state index in [1.165, 1.54) is 4.68 Å². The summed E-state index contributed by atoms with van der Waals surface area (Å²) in [7, 11) is -2.11. The monoisotopic (exact) mass is 393 g/mol. The zero-order valence-electron chi connectivity index (χ0n) is 15.2. The molecule has 1 aromatic heterocycles. The normalized spacial score (nSPS) is 17.2. The minimum Gasteiger partial charge on any atom is -0.341 e. The number of hydrogen-bond acceptors (Lipinski definition) is 5. The molecule has 1 aliphatic heterocycles. The molecule has 1 fully saturated rings. The molecule has 1 saturated heterocycles. The highest BCUT2D eigenvalue weighted by Gasteiger charge is 2.31. The average Bonchev–Trinajstić information content (AvgIpc) is 2.79. The second-order valence-electron chi connectivity index (χ2n) is 6.47. The number of nitrogens with two attached hydrogens (primary N) is 1. The smallest absolute Gasteiger partial charge is 0.244 e. The lowest BCUT2D eigenvalue weighted by Crippen LogP contribution is -2.49. The van der Waals surface area contributed by atoms with Crippen LogP contribution in [0.15, 0.2) is 4.90 Å². The largest absolute Gasteiger partial charge is 0.341 e. The van der Waals surface area contributed by atoms with Crippen LogP contribution >= 0.6 is 12.4 Å². The molecule has 0 radical (unpaired) electrons. The second-order valence-corrected chi connectivity index (χ2v) is 8.12. The average molecular weight is 394 g/mol. The second kappa shape index (κ2) is 8.48. The number of halogens is 1. The van der Waals surface area contributed by atoms with E-state index < -0.39 is 16.1 Å². The number of aryl methyl sites for hydroxylation is 2. The minimum absolute atomic E-state index is 0. The Balaban J connectivity index is 0.00000312. The number of carbonyl (C=O) groups excluding carboxylic acids is 1. The Kier molecular flexibility index (Phi) is 7.42. The highest BCUT2D eigenvalue weighted by atomic mass is 35.5. The summed E-state index contributed by atoms with van der Waals surface area (Å²) in [6, 6.07) is -0.816. The molecule has 0 bridgehead atoms. The first kappa shape index (κ1) is 21.9. The lowest BCUT2D eigenvalue weighted by molar-refractivity contribution is -0.133. The number of carbonyl (C=O) groups is 1. The number of rotatable bonds is 5. The van der Waals surface area contributed by atoms with Gasteiger partial charge in [-0.25, -0.2) is 8.42 Å². The van der Waals surface area contributed by atoms with Gasteiger partial charge >= 0.3 is 0 Å². The van der Waals surface area contributed by atoms with E-state index in [1.54, 1.807) is 32.7 Å². The summed E-state index contributed by atoms with van der Waals surface area (Å²) in [5.74, 6) is 0.245. The summed E-state index contributed by atoms with van der Waals surface area (Å²) in [6.07, 6.45) is 1.73. The molecule has 0 aliphatic carbocycles.